The van der Waals surface area contributed by atoms with Crippen molar-refractivity contribution in [1.29, 1.82) is 0 Å². The lowest BCUT2D eigenvalue weighted by atomic mass is 9.81. The quantitative estimate of drug-likeness (QED) is 0.120. The van der Waals surface area contributed by atoms with Gasteiger partial charge in [-0.3, -0.25) is 9.69 Å². The molecule has 2 amide bonds. The van der Waals surface area contributed by atoms with Crippen LogP contribution in [0.3, 0.4) is 0 Å². The largest absolute Gasteiger partial charge is 0.488 e. The van der Waals surface area contributed by atoms with Crippen molar-refractivity contribution in [2.75, 3.05) is 19.7 Å². The molecule has 278 valence electrons. The number of hydrogen-bond acceptors (Lipinski definition) is 5. The van der Waals surface area contributed by atoms with E-state index in [1.165, 1.54) is 13.8 Å². The number of carbonyl (C=O) groups excluding carboxylic acids is 2. The second-order valence-electron chi connectivity index (χ2n) is 14.1. The van der Waals surface area contributed by atoms with E-state index in [1.807, 2.05) is 60.4 Å². The fourth-order valence-corrected chi connectivity index (χ4v) is 6.90. The molecule has 52 heavy (non-hydrogen) atoms. The van der Waals surface area contributed by atoms with Crippen LogP contribution in [0.1, 0.15) is 61.8 Å². The summed E-state index contributed by atoms with van der Waals surface area (Å²) in [5.74, 6) is -4.36. The average Bonchev–Trinajstić information content (AvgIpc) is 3.94. The Balaban J connectivity index is 1.29. The highest BCUT2D eigenvalue weighted by molar-refractivity contribution is 6.68. The summed E-state index contributed by atoms with van der Waals surface area (Å²) >= 11 is 18.6. The van der Waals surface area contributed by atoms with Crippen LogP contribution in [-0.2, 0) is 22.5 Å². The van der Waals surface area contributed by atoms with E-state index in [4.69, 9.17) is 44.3 Å². The zero-order chi connectivity index (χ0) is 37.4. The van der Waals surface area contributed by atoms with E-state index in [-0.39, 0.29) is 24.6 Å². The van der Waals surface area contributed by atoms with E-state index in [0.29, 0.717) is 50.5 Å². The Morgan fingerprint density at radius 3 is 2.33 bits per heavy atom. The summed E-state index contributed by atoms with van der Waals surface area (Å²) in [4.78, 5) is 32.4. The van der Waals surface area contributed by atoms with E-state index in [0.717, 1.165) is 46.7 Å². The number of hydrogen-bond donors (Lipinski definition) is 1. The van der Waals surface area contributed by atoms with Gasteiger partial charge in [0, 0.05) is 31.2 Å². The van der Waals surface area contributed by atoms with E-state index < -0.39 is 44.7 Å². The van der Waals surface area contributed by atoms with Crippen molar-refractivity contribution in [2.24, 2.45) is 0 Å². The van der Waals surface area contributed by atoms with Gasteiger partial charge in [0.1, 0.15) is 0 Å². The highest BCUT2D eigenvalue weighted by atomic mass is 35.6. The maximum atomic E-state index is 14.9. The summed E-state index contributed by atoms with van der Waals surface area (Å²) in [6, 6.07) is 16.4. The molecule has 2 fully saturated rings. The number of carbonyl (C=O) groups is 2. The SMILES string of the molecule is Cc1ccccc1CN(C(=O)C1=C(c2ccc(CCCOc3c(F)ccc(F)c3F)cc2)CC2CNCC1N2C(=O)OC(C)(C)C(Cl)(Cl)Cl)C1CC1. The molecular weight excluding hydrogens is 738 g/mol. The molecule has 3 aliphatic rings. The third-order valence-electron chi connectivity index (χ3n) is 10.0. The van der Waals surface area contributed by atoms with Crippen LogP contribution >= 0.6 is 34.8 Å². The number of benzene rings is 3. The molecule has 2 heterocycles. The molecule has 2 atom stereocenters. The van der Waals surface area contributed by atoms with E-state index in [1.54, 1.807) is 4.90 Å². The first-order chi connectivity index (χ1) is 24.7. The monoisotopic (exact) mass is 777 g/mol. The lowest BCUT2D eigenvalue weighted by Gasteiger charge is -2.48. The molecule has 3 aromatic carbocycles. The number of halogens is 6. The third-order valence-corrected chi connectivity index (χ3v) is 11.4. The van der Waals surface area contributed by atoms with E-state index in [9.17, 15) is 22.8 Å². The fourth-order valence-electron chi connectivity index (χ4n) is 6.79. The maximum absolute atomic E-state index is 14.9. The second-order valence-corrected chi connectivity index (χ2v) is 16.4. The summed E-state index contributed by atoms with van der Waals surface area (Å²) in [6.07, 6.45) is 2.47. The fraction of sp³-hybridized carbons (Fsp3) is 0.436. The normalized spacial score (nSPS) is 19.1. The summed E-state index contributed by atoms with van der Waals surface area (Å²) in [5.41, 5.74) is 3.86. The first-order valence-electron chi connectivity index (χ1n) is 17.4. The van der Waals surface area contributed by atoms with Gasteiger partial charge in [0.2, 0.25) is 9.61 Å². The minimum atomic E-state index is -1.89. The average molecular weight is 779 g/mol. The van der Waals surface area contributed by atoms with Gasteiger partial charge >= 0.3 is 6.09 Å². The maximum Gasteiger partial charge on any atom is 0.411 e. The van der Waals surface area contributed by atoms with Crippen LogP contribution in [0.15, 0.2) is 66.2 Å². The van der Waals surface area contributed by atoms with Crippen LogP contribution in [0.4, 0.5) is 18.0 Å². The molecule has 2 aliphatic heterocycles. The van der Waals surface area contributed by atoms with Crippen molar-refractivity contribution < 1.29 is 32.2 Å². The van der Waals surface area contributed by atoms with Crippen molar-refractivity contribution in [3.63, 3.8) is 0 Å². The number of ether oxygens (including phenoxy) is 2. The number of piperazine rings is 1. The number of nitrogens with one attached hydrogen (secondary N) is 1. The van der Waals surface area contributed by atoms with Gasteiger partial charge in [-0.15, -0.1) is 0 Å². The molecule has 2 bridgehead atoms. The molecule has 3 aromatic rings. The third kappa shape index (κ3) is 8.20. The van der Waals surface area contributed by atoms with Gasteiger partial charge in [-0.05, 0) is 92.8 Å². The number of rotatable bonds is 11. The van der Waals surface area contributed by atoms with Crippen LogP contribution in [0.25, 0.3) is 5.57 Å². The molecule has 7 nitrogen and oxygen atoms in total. The van der Waals surface area contributed by atoms with Crippen molar-refractivity contribution >= 4 is 52.4 Å². The molecule has 1 N–H and O–H groups in total. The first-order valence-corrected chi connectivity index (χ1v) is 18.5. The Hall–Kier alpha value is -3.44. The minimum absolute atomic E-state index is 0.0158. The molecule has 0 aromatic heterocycles. The van der Waals surface area contributed by atoms with Crippen molar-refractivity contribution in [1.82, 2.24) is 15.1 Å². The Bertz CT molecular complexity index is 1850. The smallest absolute Gasteiger partial charge is 0.411 e. The number of alkyl halides is 3. The Morgan fingerprint density at radius 2 is 1.65 bits per heavy atom. The first kappa shape index (κ1) is 38.3. The molecule has 0 radical (unpaired) electrons. The predicted octanol–water partition coefficient (Wildman–Crippen LogP) is 8.70. The number of amides is 2. The molecule has 2 unspecified atom stereocenters. The van der Waals surface area contributed by atoms with E-state index in [2.05, 4.69) is 5.32 Å². The zero-order valence-electron chi connectivity index (χ0n) is 29.2. The van der Waals surface area contributed by atoms with Crippen molar-refractivity contribution in [3.8, 4) is 5.75 Å². The Kier molecular flexibility index (Phi) is 11.4. The molecule has 6 rings (SSSR count). The predicted molar refractivity (Wildman–Crippen MR) is 196 cm³/mol. The highest BCUT2D eigenvalue weighted by Crippen LogP contribution is 2.43. The van der Waals surface area contributed by atoms with Crippen LogP contribution in [0, 0.1) is 24.4 Å². The van der Waals surface area contributed by atoms with Gasteiger partial charge in [-0.1, -0.05) is 83.3 Å². The standard InChI is InChI=1S/C39H41Cl3F3N3O4/c1-23-7-4-5-9-26(23)22-47(27-14-15-27)36(49)33-29(19-28-20-46-21-32(33)48(28)37(50)52-38(2,3)39(40,41)42)25-12-10-24(11-13-25)8-6-18-51-35-31(44)17-16-30(43)34(35)45/h4-5,7,9-13,16-17,27-28,32,46H,6,8,14-15,18-22H2,1-3H3. The second kappa shape index (κ2) is 15.5. The number of aryl methyl sites for hydroxylation is 2. The van der Waals surface area contributed by atoms with Crippen molar-refractivity contribution in [3.05, 3.63) is 106 Å². The van der Waals surface area contributed by atoms with Crippen LogP contribution < -0.4 is 10.1 Å². The van der Waals surface area contributed by atoms with Gasteiger partial charge < -0.3 is 19.7 Å². The summed E-state index contributed by atoms with van der Waals surface area (Å²) in [7, 11) is 0. The lowest BCUT2D eigenvalue weighted by molar-refractivity contribution is -0.129. The summed E-state index contributed by atoms with van der Waals surface area (Å²) in [6.45, 7) is 6.33. The summed E-state index contributed by atoms with van der Waals surface area (Å²) in [5, 5.41) is 3.41. The molecule has 1 saturated heterocycles. The molecule has 0 spiro atoms. The summed E-state index contributed by atoms with van der Waals surface area (Å²) < 4.78 is 50.7. The molecule has 1 aliphatic carbocycles. The highest BCUT2D eigenvalue weighted by Gasteiger charge is 2.50. The van der Waals surface area contributed by atoms with Crippen LogP contribution in [-0.4, -0.2) is 69.0 Å². The molecule has 13 heteroatoms. The van der Waals surface area contributed by atoms with Crippen LogP contribution in [0.5, 0.6) is 5.75 Å². The number of fused-ring (bicyclic) bond motifs is 2. The van der Waals surface area contributed by atoms with Gasteiger partial charge in [0.25, 0.3) is 5.91 Å². The van der Waals surface area contributed by atoms with Gasteiger partial charge in [-0.2, -0.15) is 4.39 Å². The van der Waals surface area contributed by atoms with Gasteiger partial charge in [-0.25, -0.2) is 13.6 Å². The molecular formula is C39H41Cl3F3N3O4. The lowest BCUT2D eigenvalue weighted by Crippen LogP contribution is -2.64. The van der Waals surface area contributed by atoms with Crippen LogP contribution in [0.2, 0.25) is 0 Å². The minimum Gasteiger partial charge on any atom is -0.488 e. The Morgan fingerprint density at radius 1 is 0.962 bits per heavy atom. The topological polar surface area (TPSA) is 71.1 Å². The number of nitrogens with zero attached hydrogens (tertiary/aromatic N) is 2. The van der Waals surface area contributed by atoms with E-state index >= 15 is 0 Å². The Labute approximate surface area is 317 Å². The molecule has 1 saturated carbocycles. The zero-order valence-corrected chi connectivity index (χ0v) is 31.4. The van der Waals surface area contributed by atoms with Gasteiger partial charge in [0.05, 0.1) is 18.7 Å². The van der Waals surface area contributed by atoms with Crippen molar-refractivity contribution in [2.45, 2.75) is 86.9 Å². The van der Waals surface area contributed by atoms with Gasteiger partial charge in [0.15, 0.2) is 23.0 Å².